The number of aromatic nitrogens is 3. The van der Waals surface area contributed by atoms with Crippen LogP contribution in [0, 0.1) is 0 Å². The van der Waals surface area contributed by atoms with E-state index in [4.69, 9.17) is 5.73 Å². The van der Waals surface area contributed by atoms with Gasteiger partial charge in [0.1, 0.15) is 11.5 Å². The highest BCUT2D eigenvalue weighted by molar-refractivity contribution is 14.2. The highest BCUT2D eigenvalue weighted by Crippen LogP contribution is 2.49. The lowest BCUT2D eigenvalue weighted by molar-refractivity contribution is 0.130. The number of pyridine rings is 1. The molecule has 172 valence electrons. The summed E-state index contributed by atoms with van der Waals surface area (Å²) in [5.41, 5.74) is 9.86. The minimum atomic E-state index is -2.56. The first-order chi connectivity index (χ1) is 15.4. The molecule has 4 N–H and O–H groups in total. The number of anilines is 5. The number of nitrogens with two attached hydrogens (primary N) is 1. The van der Waals surface area contributed by atoms with Crippen molar-refractivity contribution in [1.82, 2.24) is 14.5 Å². The van der Waals surface area contributed by atoms with Gasteiger partial charge in [0.2, 0.25) is 0 Å². The molecule has 1 aliphatic rings. The van der Waals surface area contributed by atoms with Gasteiger partial charge in [-0.05, 0) is 40.4 Å². The van der Waals surface area contributed by atoms with Crippen LogP contribution < -0.4 is 21.0 Å². The maximum atomic E-state index is 13.5. The zero-order valence-electron chi connectivity index (χ0n) is 18.0. The summed E-state index contributed by atoms with van der Waals surface area (Å²) in [5.74, 6) is 0.703. The second-order valence-corrected chi connectivity index (χ2v) is 9.58. The molecule has 0 saturated heterocycles. The van der Waals surface area contributed by atoms with Gasteiger partial charge >= 0.3 is 0 Å². The van der Waals surface area contributed by atoms with Crippen molar-refractivity contribution in [3.05, 3.63) is 36.8 Å². The van der Waals surface area contributed by atoms with E-state index in [0.717, 1.165) is 21.8 Å². The van der Waals surface area contributed by atoms with Crippen LogP contribution in [0.15, 0.2) is 41.7 Å². The molecule has 4 rings (SSSR count). The highest BCUT2D eigenvalue weighted by Gasteiger charge is 2.37. The number of halogens is 3. The Kier molecular flexibility index (Phi) is 8.40. The molecule has 1 aromatic carbocycles. The fraction of sp³-hybridized carbons (Fsp3) is 0.300. The van der Waals surface area contributed by atoms with Crippen LogP contribution in [0.1, 0.15) is 13.8 Å². The maximum absolute atomic E-state index is 13.5. The SMILES string of the molecule is CC.CSc1cc(-c2cn(C)cn2)ccc1Nc1cc(N)nc2c1NC(C(F)F)N2PI. The number of imidazole rings is 1. The van der Waals surface area contributed by atoms with Crippen LogP contribution in [-0.4, -0.2) is 33.4 Å². The van der Waals surface area contributed by atoms with E-state index in [1.807, 2.05) is 56.1 Å². The van der Waals surface area contributed by atoms with E-state index in [0.29, 0.717) is 17.2 Å². The van der Waals surface area contributed by atoms with Gasteiger partial charge in [-0.2, -0.15) is 0 Å². The molecule has 1 aliphatic heterocycles. The molecular weight excluding hydrogens is 566 g/mol. The summed E-state index contributed by atoms with van der Waals surface area (Å²) < 4.78 is 30.5. The van der Waals surface area contributed by atoms with Gasteiger partial charge in [0, 0.05) is 36.1 Å². The van der Waals surface area contributed by atoms with Gasteiger partial charge in [0.25, 0.3) is 6.43 Å². The van der Waals surface area contributed by atoms with Gasteiger partial charge in [-0.25, -0.2) is 18.7 Å². The third-order valence-corrected chi connectivity index (χ3v) is 7.63. The number of fused-ring (bicyclic) bond motifs is 1. The second kappa shape index (κ2) is 10.8. The normalized spacial score (nSPS) is 15.0. The fourth-order valence-electron chi connectivity index (χ4n) is 3.24. The van der Waals surface area contributed by atoms with Gasteiger partial charge in [-0.3, -0.25) is 0 Å². The van der Waals surface area contributed by atoms with Crippen LogP contribution >= 0.6 is 40.2 Å². The molecule has 7 nitrogen and oxygen atoms in total. The zero-order valence-corrected chi connectivity index (χ0v) is 22.0. The van der Waals surface area contributed by atoms with Crippen LogP contribution in [-0.2, 0) is 7.05 Å². The van der Waals surface area contributed by atoms with Crippen molar-refractivity contribution in [2.24, 2.45) is 7.05 Å². The third-order valence-electron chi connectivity index (χ3n) is 4.62. The number of rotatable bonds is 6. The van der Waals surface area contributed by atoms with Crippen LogP contribution in [0.2, 0.25) is 0 Å². The Hall–Kier alpha value is -1.85. The van der Waals surface area contributed by atoms with E-state index in [-0.39, 0.29) is 12.2 Å². The predicted molar refractivity (Wildman–Crippen MR) is 142 cm³/mol. The summed E-state index contributed by atoms with van der Waals surface area (Å²) in [6.07, 6.45) is 2.10. The van der Waals surface area contributed by atoms with Crippen LogP contribution in [0.5, 0.6) is 0 Å². The van der Waals surface area contributed by atoms with Crippen molar-refractivity contribution in [2.45, 2.75) is 31.3 Å². The minimum absolute atomic E-state index is 0.0960. The lowest BCUT2D eigenvalue weighted by Gasteiger charge is -2.22. The van der Waals surface area contributed by atoms with E-state index in [9.17, 15) is 8.78 Å². The number of thioether (sulfide) groups is 1. The average molecular weight is 591 g/mol. The summed E-state index contributed by atoms with van der Waals surface area (Å²) in [6.45, 7) is 4.00. The minimum Gasteiger partial charge on any atom is -0.384 e. The lowest BCUT2D eigenvalue weighted by atomic mass is 10.1. The van der Waals surface area contributed by atoms with Crippen molar-refractivity contribution in [3.8, 4) is 11.3 Å². The Morgan fingerprint density at radius 2 is 2.03 bits per heavy atom. The second-order valence-electron chi connectivity index (χ2n) is 6.64. The molecule has 2 atom stereocenters. The first-order valence-corrected chi connectivity index (χ1v) is 15.1. The number of benzene rings is 1. The molecule has 0 fully saturated rings. The Morgan fingerprint density at radius 3 is 2.62 bits per heavy atom. The molecule has 0 radical (unpaired) electrons. The summed E-state index contributed by atoms with van der Waals surface area (Å²) in [4.78, 5) is 9.69. The molecule has 32 heavy (non-hydrogen) atoms. The van der Waals surface area contributed by atoms with Crippen LogP contribution in [0.25, 0.3) is 11.3 Å². The molecule has 0 aliphatic carbocycles. The Balaban J connectivity index is 0.00000141. The maximum Gasteiger partial charge on any atom is 0.277 e. The molecule has 2 aromatic heterocycles. The molecule has 0 amide bonds. The summed E-state index contributed by atoms with van der Waals surface area (Å²) in [7, 11) is 1.93. The molecule has 3 aromatic rings. The number of hydrogen-bond donors (Lipinski definition) is 3. The highest BCUT2D eigenvalue weighted by atomic mass is 127. The van der Waals surface area contributed by atoms with E-state index < -0.39 is 12.6 Å². The number of alkyl halides is 2. The van der Waals surface area contributed by atoms with Crippen LogP contribution in [0.3, 0.4) is 0 Å². The summed E-state index contributed by atoms with van der Waals surface area (Å²) in [6, 6.07) is 7.64. The quantitative estimate of drug-likeness (QED) is 0.176. The van der Waals surface area contributed by atoms with Crippen molar-refractivity contribution in [2.75, 3.05) is 27.3 Å². The molecule has 0 spiro atoms. The predicted octanol–water partition coefficient (Wildman–Crippen LogP) is 6.32. The van der Waals surface area contributed by atoms with Crippen molar-refractivity contribution in [3.63, 3.8) is 0 Å². The molecule has 0 bridgehead atoms. The zero-order chi connectivity index (χ0) is 23.4. The van der Waals surface area contributed by atoms with Gasteiger partial charge < -0.3 is 25.6 Å². The number of nitrogen functional groups attached to an aromatic ring is 1. The topological polar surface area (TPSA) is 84.0 Å². The first kappa shape index (κ1) is 24.8. The average Bonchev–Trinajstić information content (AvgIpc) is 3.39. The van der Waals surface area contributed by atoms with Gasteiger partial charge in [0.15, 0.2) is 12.0 Å². The largest absolute Gasteiger partial charge is 0.384 e. The summed E-state index contributed by atoms with van der Waals surface area (Å²) >= 11 is 3.66. The number of nitrogens with one attached hydrogen (secondary N) is 2. The molecule has 2 unspecified atom stereocenters. The smallest absolute Gasteiger partial charge is 0.277 e. The Labute approximate surface area is 205 Å². The van der Waals surface area contributed by atoms with Crippen molar-refractivity contribution in [1.29, 1.82) is 0 Å². The number of hydrogen-bond acceptors (Lipinski definition) is 7. The van der Waals surface area contributed by atoms with E-state index in [1.165, 1.54) is 0 Å². The molecule has 0 saturated carbocycles. The summed E-state index contributed by atoms with van der Waals surface area (Å²) in [5, 5.41) is 6.26. The van der Waals surface area contributed by atoms with Crippen molar-refractivity contribution >= 4 is 68.9 Å². The van der Waals surface area contributed by atoms with E-state index in [1.54, 1.807) is 28.8 Å². The monoisotopic (exact) mass is 591 g/mol. The number of aryl methyl sites for hydroxylation is 1. The third kappa shape index (κ3) is 5.04. The Morgan fingerprint density at radius 1 is 1.28 bits per heavy atom. The number of nitrogens with zero attached hydrogens (tertiary/aromatic N) is 4. The van der Waals surface area contributed by atoms with Crippen LogP contribution in [0.4, 0.5) is 37.5 Å². The molecule has 3 heterocycles. The van der Waals surface area contributed by atoms with Gasteiger partial charge in [0.05, 0.1) is 23.4 Å². The van der Waals surface area contributed by atoms with E-state index >= 15 is 0 Å². The molecular formula is C20H25F2IN7PS. The standard InChI is InChI=1S/C18H19F2IN7PS.C2H6/c1-27-7-12(23-8-27)9-3-4-10(13(5-9)30-2)24-11-6-14(22)25-17-15(11)26-18(16(19)20)28(17)29-21;1-2/h3-8,16,18,26,29H,1-2H3,(H3,22,24,25);1-2H3. The van der Waals surface area contributed by atoms with Crippen molar-refractivity contribution < 1.29 is 8.78 Å². The molecule has 12 heteroatoms. The first-order valence-electron chi connectivity index (χ1n) is 9.85. The fourth-order valence-corrected chi connectivity index (χ4v) is 5.93. The van der Waals surface area contributed by atoms with E-state index in [2.05, 4.69) is 42.6 Å². The van der Waals surface area contributed by atoms with Gasteiger partial charge in [-0.1, -0.05) is 19.9 Å². The lowest BCUT2D eigenvalue weighted by Crippen LogP contribution is -2.35. The van der Waals surface area contributed by atoms with Gasteiger partial charge in [-0.15, -0.1) is 11.8 Å². The Bertz CT molecular complexity index is 1080.